The summed E-state index contributed by atoms with van der Waals surface area (Å²) in [4.78, 5) is 20.8. The van der Waals surface area contributed by atoms with Crippen LogP contribution in [0.4, 0.5) is 0 Å². The maximum Gasteiger partial charge on any atom is 0.265 e. The molecule has 0 atom stereocenters. The third-order valence-corrected chi connectivity index (χ3v) is 3.67. The molecule has 1 aliphatic heterocycles. The minimum absolute atomic E-state index is 0.171. The molecule has 1 spiro atoms. The van der Waals surface area contributed by atoms with Crippen LogP contribution in [0.25, 0.3) is 12.2 Å². The Morgan fingerprint density at radius 1 is 0.947 bits per heavy atom. The Hall–Kier alpha value is -2.55. The van der Waals surface area contributed by atoms with Crippen molar-refractivity contribution < 1.29 is 4.79 Å². The highest BCUT2D eigenvalue weighted by molar-refractivity contribution is 6.11. The number of fused-ring (bicyclic) bond motifs is 3. The fourth-order valence-corrected chi connectivity index (χ4v) is 2.77. The molecule has 0 saturated heterocycles. The van der Waals surface area contributed by atoms with E-state index in [1.165, 1.54) is 0 Å². The summed E-state index contributed by atoms with van der Waals surface area (Å²) in [5.41, 5.74) is 0.850. The molecule has 19 heavy (non-hydrogen) atoms. The quantitative estimate of drug-likeness (QED) is 0.681. The van der Waals surface area contributed by atoms with Crippen molar-refractivity contribution in [3.8, 4) is 0 Å². The lowest BCUT2D eigenvalue weighted by Gasteiger charge is -2.25. The lowest BCUT2D eigenvalue weighted by atomic mass is 9.80. The fraction of sp³-hybridized carbons (Fsp3) is 0.0625. The van der Waals surface area contributed by atoms with Gasteiger partial charge in [-0.05, 0) is 16.5 Å². The highest BCUT2D eigenvalue weighted by Crippen LogP contribution is 2.34. The average molecular weight is 246 g/mol. The number of hydrogen-bond donors (Lipinski definition) is 0. The van der Waals surface area contributed by atoms with Gasteiger partial charge in [0.15, 0.2) is 0 Å². The summed E-state index contributed by atoms with van der Waals surface area (Å²) in [7, 11) is 0. The molecule has 3 nitrogen and oxygen atoms in total. The molecule has 1 amide bonds. The normalized spacial score (nSPS) is 17.6. The maximum atomic E-state index is 12.3. The second-order valence-electron chi connectivity index (χ2n) is 4.79. The number of pyridine rings is 1. The summed E-state index contributed by atoms with van der Waals surface area (Å²) in [6, 6.07) is 11.8. The van der Waals surface area contributed by atoms with Gasteiger partial charge in [-0.15, -0.1) is 0 Å². The Bertz CT molecular complexity index is 814. The number of benzene rings is 1. The molecule has 0 radical (unpaired) electrons. The largest absolute Gasteiger partial charge is 0.271 e. The first-order valence-electron chi connectivity index (χ1n) is 6.14. The van der Waals surface area contributed by atoms with Crippen LogP contribution in [0.3, 0.4) is 0 Å². The third-order valence-electron chi connectivity index (χ3n) is 3.67. The van der Waals surface area contributed by atoms with Crippen LogP contribution in [-0.2, 0) is 10.2 Å². The lowest BCUT2D eigenvalue weighted by molar-refractivity contribution is -0.119. The molecule has 90 valence electrons. The van der Waals surface area contributed by atoms with Crippen LogP contribution in [0.2, 0.25) is 0 Å². The maximum absolute atomic E-state index is 12.3. The highest BCUT2D eigenvalue weighted by atomic mass is 16.1. The van der Waals surface area contributed by atoms with Gasteiger partial charge >= 0.3 is 0 Å². The summed E-state index contributed by atoms with van der Waals surface area (Å²) in [5, 5.41) is 2.12. The number of amides is 1. The molecule has 2 aliphatic rings. The first-order valence-corrected chi connectivity index (χ1v) is 6.14. The molecular formula is C16H10N2O. The molecule has 1 aromatic carbocycles. The summed E-state index contributed by atoms with van der Waals surface area (Å²) < 4.78 is 0. The van der Waals surface area contributed by atoms with Gasteiger partial charge in [0.1, 0.15) is 5.41 Å². The van der Waals surface area contributed by atoms with E-state index in [0.29, 0.717) is 0 Å². The molecule has 1 aliphatic carbocycles. The molecule has 2 heterocycles. The summed E-state index contributed by atoms with van der Waals surface area (Å²) in [6.07, 6.45) is 7.25. The van der Waals surface area contributed by atoms with Crippen molar-refractivity contribution >= 4 is 24.3 Å². The topological polar surface area (TPSA) is 42.3 Å². The molecule has 4 rings (SSSR count). The monoisotopic (exact) mass is 246 g/mol. The predicted octanol–water partition coefficient (Wildman–Crippen LogP) is 0.553. The van der Waals surface area contributed by atoms with Crippen molar-refractivity contribution in [1.29, 1.82) is 0 Å². The summed E-state index contributed by atoms with van der Waals surface area (Å²) in [5.74, 6) is -0.171. The van der Waals surface area contributed by atoms with Crippen molar-refractivity contribution in [2.24, 2.45) is 4.99 Å². The highest BCUT2D eigenvalue weighted by Gasteiger charge is 2.42. The molecule has 0 saturated carbocycles. The molecule has 0 fully saturated rings. The molecule has 1 aromatic heterocycles. The van der Waals surface area contributed by atoms with E-state index in [0.717, 1.165) is 21.7 Å². The number of carbonyl (C=O) groups excluding carboxylic acids is 1. The zero-order chi connectivity index (χ0) is 12.9. The van der Waals surface area contributed by atoms with Gasteiger partial charge in [0.2, 0.25) is 0 Å². The van der Waals surface area contributed by atoms with Gasteiger partial charge in [0.25, 0.3) is 5.91 Å². The van der Waals surface area contributed by atoms with Crippen LogP contribution in [0, 0.1) is 0 Å². The number of aliphatic imine (C=N–C) groups is 1. The van der Waals surface area contributed by atoms with Gasteiger partial charge in [-0.1, -0.05) is 42.5 Å². The van der Waals surface area contributed by atoms with E-state index < -0.39 is 5.41 Å². The number of rotatable bonds is 0. The Labute approximate surface area is 109 Å². The van der Waals surface area contributed by atoms with Crippen molar-refractivity contribution in [2.45, 2.75) is 5.41 Å². The molecule has 0 bridgehead atoms. The van der Waals surface area contributed by atoms with E-state index in [1.807, 2.05) is 48.6 Å². The smallest absolute Gasteiger partial charge is 0.265 e. The molecule has 0 unspecified atom stereocenters. The van der Waals surface area contributed by atoms with Gasteiger partial charge in [-0.2, -0.15) is 0 Å². The predicted molar refractivity (Wildman–Crippen MR) is 73.1 cm³/mol. The lowest BCUT2D eigenvalue weighted by Crippen LogP contribution is -2.34. The van der Waals surface area contributed by atoms with Gasteiger partial charge < -0.3 is 0 Å². The van der Waals surface area contributed by atoms with Gasteiger partial charge in [-0.25, -0.2) is 4.99 Å². The van der Waals surface area contributed by atoms with E-state index in [1.54, 1.807) is 12.4 Å². The van der Waals surface area contributed by atoms with E-state index in [2.05, 4.69) is 9.98 Å². The van der Waals surface area contributed by atoms with Crippen LogP contribution in [0.5, 0.6) is 0 Å². The average Bonchev–Trinajstić information content (AvgIpc) is 2.84. The second kappa shape index (κ2) is 3.48. The zero-order valence-corrected chi connectivity index (χ0v) is 10.1. The first-order chi connectivity index (χ1) is 9.29. The minimum Gasteiger partial charge on any atom is -0.271 e. The SMILES string of the molecule is O=C1N=Cc2cccnc2C12C=c1ccccc1=C2. The van der Waals surface area contributed by atoms with Gasteiger partial charge in [0, 0.05) is 18.0 Å². The number of nitrogens with zero attached hydrogens (tertiary/aromatic N) is 2. The number of hydrogen-bond acceptors (Lipinski definition) is 2. The van der Waals surface area contributed by atoms with Crippen LogP contribution < -0.4 is 10.4 Å². The van der Waals surface area contributed by atoms with Crippen LogP contribution in [-0.4, -0.2) is 17.1 Å². The van der Waals surface area contributed by atoms with Crippen molar-refractivity contribution in [2.75, 3.05) is 0 Å². The summed E-state index contributed by atoms with van der Waals surface area (Å²) >= 11 is 0. The Kier molecular flexibility index (Phi) is 1.90. The van der Waals surface area contributed by atoms with E-state index in [4.69, 9.17) is 0 Å². The standard InChI is InChI=1S/C16H10N2O/c19-15-16(8-11-4-1-2-5-12(11)9-16)14-13(10-18-15)6-3-7-17-14/h1-10H. The van der Waals surface area contributed by atoms with E-state index in [-0.39, 0.29) is 5.91 Å². The summed E-state index contributed by atoms with van der Waals surface area (Å²) in [6.45, 7) is 0. The molecule has 3 heteroatoms. The molecule has 2 aromatic rings. The Balaban J connectivity index is 2.10. The Morgan fingerprint density at radius 3 is 2.42 bits per heavy atom. The minimum atomic E-state index is -0.824. The van der Waals surface area contributed by atoms with Crippen LogP contribution in [0.1, 0.15) is 11.3 Å². The van der Waals surface area contributed by atoms with Crippen molar-refractivity contribution in [3.05, 3.63) is 64.3 Å². The first kappa shape index (κ1) is 10.4. The third kappa shape index (κ3) is 1.30. The van der Waals surface area contributed by atoms with Gasteiger partial charge in [-0.3, -0.25) is 9.78 Å². The fourth-order valence-electron chi connectivity index (χ4n) is 2.77. The number of carbonyl (C=O) groups is 1. The van der Waals surface area contributed by atoms with Crippen molar-refractivity contribution in [1.82, 2.24) is 4.98 Å². The molecular weight excluding hydrogens is 236 g/mol. The van der Waals surface area contributed by atoms with Crippen LogP contribution >= 0.6 is 0 Å². The number of aromatic nitrogens is 1. The zero-order valence-electron chi connectivity index (χ0n) is 10.1. The van der Waals surface area contributed by atoms with E-state index in [9.17, 15) is 4.79 Å². The Morgan fingerprint density at radius 2 is 1.68 bits per heavy atom. The van der Waals surface area contributed by atoms with Gasteiger partial charge in [0.05, 0.1) is 5.69 Å². The van der Waals surface area contributed by atoms with E-state index >= 15 is 0 Å². The second-order valence-corrected chi connectivity index (χ2v) is 4.79. The van der Waals surface area contributed by atoms with Crippen LogP contribution in [0.15, 0.2) is 47.6 Å². The molecule has 0 N–H and O–H groups in total. The van der Waals surface area contributed by atoms with Crippen molar-refractivity contribution in [3.63, 3.8) is 0 Å².